The lowest BCUT2D eigenvalue weighted by atomic mass is 9.87. The standard InChI is InChI=1S/C32H48N5O5P/c1-26(22-37-24-36-29-30(33)34-23-35-31(29)37)41-25-43(38,39)42-21-20-40-19-13-11-9-7-5-6-8-10-12-14-27-15-17-28(18-16-27)32(2,3)4/h15-18,23-24,26H,5-11,13,19-22,25H2,1-4H3,(H,38,39)(H2,33,34,35)/t26-/m1/s1. The molecular weight excluding hydrogens is 565 g/mol. The number of nitrogens with two attached hydrogens (primary N) is 1. The largest absolute Gasteiger partial charge is 0.382 e. The Bertz CT molecular complexity index is 1360. The number of nitrogens with zero attached hydrogens (tertiary/aromatic N) is 4. The summed E-state index contributed by atoms with van der Waals surface area (Å²) in [5.41, 5.74) is 9.49. The number of unbranched alkanes of at least 4 members (excludes halogenated alkanes) is 7. The Morgan fingerprint density at radius 3 is 2.40 bits per heavy atom. The van der Waals surface area contributed by atoms with E-state index in [1.165, 1.54) is 37.6 Å². The molecule has 0 saturated carbocycles. The lowest BCUT2D eigenvalue weighted by Crippen LogP contribution is -2.18. The van der Waals surface area contributed by atoms with E-state index in [4.69, 9.17) is 19.7 Å². The van der Waals surface area contributed by atoms with Gasteiger partial charge >= 0.3 is 7.60 Å². The first-order valence-corrected chi connectivity index (χ1v) is 17.0. The van der Waals surface area contributed by atoms with E-state index in [-0.39, 0.29) is 24.7 Å². The molecule has 0 radical (unpaired) electrons. The van der Waals surface area contributed by atoms with Crippen molar-refractivity contribution in [2.24, 2.45) is 0 Å². The summed E-state index contributed by atoms with van der Waals surface area (Å²) < 4.78 is 30.3. The van der Waals surface area contributed by atoms with Crippen LogP contribution in [0.4, 0.5) is 5.82 Å². The topological polar surface area (TPSA) is 135 Å². The van der Waals surface area contributed by atoms with Crippen LogP contribution in [0.15, 0.2) is 36.9 Å². The van der Waals surface area contributed by atoms with Crippen molar-refractivity contribution < 1.29 is 23.5 Å². The zero-order valence-corrected chi connectivity index (χ0v) is 27.0. The van der Waals surface area contributed by atoms with Gasteiger partial charge in [-0.2, -0.15) is 0 Å². The van der Waals surface area contributed by atoms with Gasteiger partial charge in [0.25, 0.3) is 0 Å². The predicted molar refractivity (Wildman–Crippen MR) is 171 cm³/mol. The molecule has 3 aromatic rings. The lowest BCUT2D eigenvalue weighted by Gasteiger charge is -2.18. The van der Waals surface area contributed by atoms with Gasteiger partial charge in [-0.15, -0.1) is 0 Å². The summed E-state index contributed by atoms with van der Waals surface area (Å²) >= 11 is 0. The van der Waals surface area contributed by atoms with Gasteiger partial charge in [-0.05, 0) is 42.9 Å². The summed E-state index contributed by atoms with van der Waals surface area (Å²) in [6.07, 6.45) is 11.2. The Labute approximate surface area is 256 Å². The average molecular weight is 614 g/mol. The molecule has 11 heteroatoms. The monoisotopic (exact) mass is 613 g/mol. The van der Waals surface area contributed by atoms with Crippen LogP contribution < -0.4 is 5.73 Å². The zero-order valence-electron chi connectivity index (χ0n) is 26.1. The second-order valence-electron chi connectivity index (χ2n) is 11.9. The molecule has 0 fully saturated rings. The van der Waals surface area contributed by atoms with Crippen LogP contribution in [0.25, 0.3) is 11.2 Å². The number of hydrogen-bond donors (Lipinski definition) is 2. The molecular formula is C32H48N5O5P. The average Bonchev–Trinajstić information content (AvgIpc) is 3.37. The van der Waals surface area contributed by atoms with Gasteiger partial charge in [0, 0.05) is 18.6 Å². The Hall–Kier alpha value is -2.80. The van der Waals surface area contributed by atoms with Gasteiger partial charge < -0.3 is 29.2 Å². The normalized spacial score (nSPS) is 13.9. The van der Waals surface area contributed by atoms with E-state index in [1.807, 2.05) is 0 Å². The quantitative estimate of drug-likeness (QED) is 0.0941. The van der Waals surface area contributed by atoms with E-state index in [9.17, 15) is 9.46 Å². The summed E-state index contributed by atoms with van der Waals surface area (Å²) in [4.78, 5) is 22.4. The van der Waals surface area contributed by atoms with Gasteiger partial charge in [-0.1, -0.05) is 76.8 Å². The van der Waals surface area contributed by atoms with Crippen LogP contribution in [0.3, 0.4) is 0 Å². The molecule has 0 spiro atoms. The van der Waals surface area contributed by atoms with Crippen molar-refractivity contribution in [3.63, 3.8) is 0 Å². The number of aromatic nitrogens is 4. The van der Waals surface area contributed by atoms with E-state index in [0.717, 1.165) is 31.2 Å². The molecule has 2 atom stereocenters. The predicted octanol–water partition coefficient (Wildman–Crippen LogP) is 6.46. The third kappa shape index (κ3) is 12.8. The number of rotatable bonds is 18. The molecule has 0 aliphatic heterocycles. The van der Waals surface area contributed by atoms with Crippen LogP contribution in [0.5, 0.6) is 0 Å². The first kappa shape index (κ1) is 34.7. The van der Waals surface area contributed by atoms with Crippen molar-refractivity contribution in [3.8, 4) is 11.8 Å². The molecule has 1 aromatic carbocycles. The van der Waals surface area contributed by atoms with Crippen molar-refractivity contribution in [3.05, 3.63) is 48.0 Å². The highest BCUT2D eigenvalue weighted by Gasteiger charge is 2.22. The molecule has 43 heavy (non-hydrogen) atoms. The van der Waals surface area contributed by atoms with Gasteiger partial charge in [-0.3, -0.25) is 4.57 Å². The Morgan fingerprint density at radius 2 is 1.67 bits per heavy atom. The maximum Gasteiger partial charge on any atom is 0.353 e. The number of ether oxygens (including phenoxy) is 2. The molecule has 3 rings (SSSR count). The van der Waals surface area contributed by atoms with Crippen molar-refractivity contribution in [1.82, 2.24) is 19.5 Å². The number of imidazole rings is 1. The lowest BCUT2D eigenvalue weighted by molar-refractivity contribution is 0.0610. The minimum Gasteiger partial charge on any atom is -0.382 e. The molecule has 236 valence electrons. The van der Waals surface area contributed by atoms with E-state index in [0.29, 0.717) is 30.1 Å². The van der Waals surface area contributed by atoms with Gasteiger partial charge in [0.15, 0.2) is 11.5 Å². The second kappa shape index (κ2) is 17.5. The second-order valence-corrected chi connectivity index (χ2v) is 13.7. The molecule has 2 aromatic heterocycles. The highest BCUT2D eigenvalue weighted by Crippen LogP contribution is 2.41. The maximum absolute atomic E-state index is 12.3. The van der Waals surface area contributed by atoms with Crippen LogP contribution in [0.2, 0.25) is 0 Å². The summed E-state index contributed by atoms with van der Waals surface area (Å²) in [5, 5.41) is 0. The molecule has 0 saturated heterocycles. The number of anilines is 1. The Balaban J connectivity index is 1.13. The fraction of sp³-hybridized carbons (Fsp3) is 0.594. The molecule has 0 aliphatic carbocycles. The minimum atomic E-state index is -3.88. The molecule has 0 amide bonds. The third-order valence-electron chi connectivity index (χ3n) is 7.00. The number of benzene rings is 1. The first-order valence-electron chi connectivity index (χ1n) is 15.2. The summed E-state index contributed by atoms with van der Waals surface area (Å²) in [6.45, 7) is 9.77. The minimum absolute atomic E-state index is 0.0407. The van der Waals surface area contributed by atoms with Crippen molar-refractivity contribution in [2.45, 2.75) is 97.1 Å². The van der Waals surface area contributed by atoms with Gasteiger partial charge in [-0.25, -0.2) is 15.0 Å². The van der Waals surface area contributed by atoms with Gasteiger partial charge in [0.05, 0.1) is 32.2 Å². The van der Waals surface area contributed by atoms with Gasteiger partial charge in [0.1, 0.15) is 18.2 Å². The van der Waals surface area contributed by atoms with Gasteiger partial charge in [0.2, 0.25) is 0 Å². The van der Waals surface area contributed by atoms with E-state index >= 15 is 0 Å². The number of nitrogen functional groups attached to an aromatic ring is 1. The summed E-state index contributed by atoms with van der Waals surface area (Å²) in [5.74, 6) is 6.88. The van der Waals surface area contributed by atoms with E-state index < -0.39 is 13.9 Å². The molecule has 0 aliphatic rings. The van der Waals surface area contributed by atoms with Crippen LogP contribution >= 0.6 is 7.60 Å². The van der Waals surface area contributed by atoms with Crippen LogP contribution in [0, 0.1) is 11.8 Å². The van der Waals surface area contributed by atoms with Crippen LogP contribution in [-0.4, -0.2) is 56.7 Å². The summed E-state index contributed by atoms with van der Waals surface area (Å²) in [6, 6.07) is 8.59. The van der Waals surface area contributed by atoms with Crippen molar-refractivity contribution in [2.75, 3.05) is 31.9 Å². The van der Waals surface area contributed by atoms with Crippen molar-refractivity contribution >= 4 is 24.6 Å². The third-order valence-corrected chi connectivity index (χ3v) is 8.06. The van der Waals surface area contributed by atoms with E-state index in [1.54, 1.807) is 17.8 Å². The molecule has 0 bridgehead atoms. The number of hydrogen-bond acceptors (Lipinski definition) is 8. The van der Waals surface area contributed by atoms with Crippen LogP contribution in [0.1, 0.15) is 90.2 Å². The van der Waals surface area contributed by atoms with Crippen molar-refractivity contribution in [1.29, 1.82) is 0 Å². The SMILES string of the molecule is C[C@H](Cn1cnc2c(N)ncnc21)OCP(=O)(O)OCCOCCCCCCCCCC#Cc1ccc(C(C)(C)C)cc1. The molecule has 3 N–H and O–H groups in total. The van der Waals surface area contributed by atoms with Crippen LogP contribution in [-0.2, 0) is 30.5 Å². The molecule has 2 heterocycles. The smallest absolute Gasteiger partial charge is 0.353 e. The fourth-order valence-corrected chi connectivity index (χ4v) is 5.36. The fourth-order valence-electron chi connectivity index (χ4n) is 4.48. The molecule has 10 nitrogen and oxygen atoms in total. The zero-order chi connectivity index (χ0) is 31.1. The molecule has 1 unspecified atom stereocenters. The Morgan fingerprint density at radius 1 is 0.977 bits per heavy atom. The number of fused-ring (bicyclic) bond motifs is 1. The first-order chi connectivity index (χ1) is 20.5. The van der Waals surface area contributed by atoms with E-state index in [2.05, 4.69) is 71.8 Å². The highest BCUT2D eigenvalue weighted by atomic mass is 31.2. The maximum atomic E-state index is 12.3. The Kier molecular flexibility index (Phi) is 14.1. The summed E-state index contributed by atoms with van der Waals surface area (Å²) in [7, 11) is -3.88. The highest BCUT2D eigenvalue weighted by molar-refractivity contribution is 7.52.